The predicted molar refractivity (Wildman–Crippen MR) is 94.3 cm³/mol. The lowest BCUT2D eigenvalue weighted by Crippen LogP contribution is -2.39. The van der Waals surface area contributed by atoms with Gasteiger partial charge in [0.15, 0.2) is 11.5 Å². The quantitative estimate of drug-likeness (QED) is 0.602. The van der Waals surface area contributed by atoms with Crippen molar-refractivity contribution in [3.8, 4) is 17.2 Å². The van der Waals surface area contributed by atoms with Crippen molar-refractivity contribution in [2.24, 2.45) is 5.92 Å². The van der Waals surface area contributed by atoms with E-state index in [2.05, 4.69) is 0 Å². The molecule has 26 heavy (non-hydrogen) atoms. The van der Waals surface area contributed by atoms with Crippen molar-refractivity contribution in [3.05, 3.63) is 23.8 Å². The molecular weight excluding hydrogens is 338 g/mol. The van der Waals surface area contributed by atoms with Crippen molar-refractivity contribution < 1.29 is 28.5 Å². The fourth-order valence-corrected chi connectivity index (χ4v) is 3.16. The molecule has 1 fully saturated rings. The van der Waals surface area contributed by atoms with Gasteiger partial charge in [-0.25, -0.2) is 0 Å². The third-order valence-electron chi connectivity index (χ3n) is 4.61. The van der Waals surface area contributed by atoms with E-state index in [0.29, 0.717) is 56.4 Å². The molecule has 1 saturated heterocycles. The molecule has 0 aromatic heterocycles. The maximum absolute atomic E-state index is 12.4. The summed E-state index contributed by atoms with van der Waals surface area (Å²) in [5.41, 5.74) is 0.795. The van der Waals surface area contributed by atoms with E-state index in [1.165, 1.54) is 13.2 Å². The SMILES string of the molecule is COC(=O)C1CCN(C(=O)/C=C/c2cc(OC)c3c(c2)OCCO3)CC1. The lowest BCUT2D eigenvalue weighted by Gasteiger charge is -2.29. The van der Waals surface area contributed by atoms with Crippen LogP contribution in [0.5, 0.6) is 17.2 Å². The highest BCUT2D eigenvalue weighted by Crippen LogP contribution is 2.40. The molecule has 0 N–H and O–H groups in total. The Morgan fingerprint density at radius 2 is 1.88 bits per heavy atom. The Hall–Kier alpha value is -2.70. The van der Waals surface area contributed by atoms with E-state index < -0.39 is 0 Å². The molecule has 0 unspecified atom stereocenters. The first-order chi connectivity index (χ1) is 12.6. The minimum Gasteiger partial charge on any atom is -0.493 e. The standard InChI is InChI=1S/C19H23NO6/c1-23-15-11-13(12-16-18(15)26-10-9-25-16)3-4-17(21)20-7-5-14(6-8-20)19(22)24-2/h3-4,11-12,14H,5-10H2,1-2H3/b4-3+. The Balaban J connectivity index is 1.65. The minimum atomic E-state index is -0.198. The molecule has 0 spiro atoms. The van der Waals surface area contributed by atoms with Crippen LogP contribution in [0, 0.1) is 5.92 Å². The van der Waals surface area contributed by atoms with Crippen LogP contribution < -0.4 is 14.2 Å². The molecule has 0 aliphatic carbocycles. The van der Waals surface area contributed by atoms with Crippen LogP contribution in [0.15, 0.2) is 18.2 Å². The number of carbonyl (C=O) groups excluding carboxylic acids is 2. The van der Waals surface area contributed by atoms with Gasteiger partial charge in [0.1, 0.15) is 13.2 Å². The van der Waals surface area contributed by atoms with Gasteiger partial charge in [0.25, 0.3) is 0 Å². The first-order valence-electron chi connectivity index (χ1n) is 8.65. The van der Waals surface area contributed by atoms with Crippen molar-refractivity contribution in [1.29, 1.82) is 0 Å². The zero-order valence-corrected chi connectivity index (χ0v) is 15.0. The van der Waals surface area contributed by atoms with Gasteiger partial charge >= 0.3 is 5.97 Å². The summed E-state index contributed by atoms with van der Waals surface area (Å²) in [5.74, 6) is 1.38. The van der Waals surface area contributed by atoms with Gasteiger partial charge in [-0.15, -0.1) is 0 Å². The second-order valence-corrected chi connectivity index (χ2v) is 6.20. The van der Waals surface area contributed by atoms with E-state index in [9.17, 15) is 9.59 Å². The molecule has 7 heteroatoms. The summed E-state index contributed by atoms with van der Waals surface area (Å²) >= 11 is 0. The highest BCUT2D eigenvalue weighted by atomic mass is 16.6. The van der Waals surface area contributed by atoms with Gasteiger partial charge in [0.05, 0.1) is 20.1 Å². The molecular formula is C19H23NO6. The van der Waals surface area contributed by atoms with E-state index in [1.54, 1.807) is 24.2 Å². The lowest BCUT2D eigenvalue weighted by atomic mass is 9.97. The molecule has 0 bridgehead atoms. The number of likely N-dealkylation sites (tertiary alicyclic amines) is 1. The first kappa shape index (κ1) is 18.1. The lowest BCUT2D eigenvalue weighted by molar-refractivity contribution is -0.148. The van der Waals surface area contributed by atoms with Gasteiger partial charge in [0, 0.05) is 19.2 Å². The number of piperidine rings is 1. The summed E-state index contributed by atoms with van der Waals surface area (Å²) in [6, 6.07) is 3.63. The van der Waals surface area contributed by atoms with Crippen LogP contribution in [0.3, 0.4) is 0 Å². The molecule has 0 saturated carbocycles. The second-order valence-electron chi connectivity index (χ2n) is 6.20. The zero-order chi connectivity index (χ0) is 18.5. The third kappa shape index (κ3) is 3.92. The third-order valence-corrected chi connectivity index (χ3v) is 4.61. The number of hydrogen-bond donors (Lipinski definition) is 0. The number of rotatable bonds is 4. The fourth-order valence-electron chi connectivity index (χ4n) is 3.16. The van der Waals surface area contributed by atoms with Gasteiger partial charge in [-0.3, -0.25) is 9.59 Å². The number of fused-ring (bicyclic) bond motifs is 1. The van der Waals surface area contributed by atoms with Crippen LogP contribution in [-0.4, -0.2) is 57.3 Å². The summed E-state index contributed by atoms with van der Waals surface area (Å²) in [7, 11) is 2.96. The van der Waals surface area contributed by atoms with Crippen LogP contribution in [0.2, 0.25) is 0 Å². The van der Waals surface area contributed by atoms with Crippen molar-refractivity contribution in [2.75, 3.05) is 40.5 Å². The number of amides is 1. The monoisotopic (exact) mass is 361 g/mol. The predicted octanol–water partition coefficient (Wildman–Crippen LogP) is 1.89. The average molecular weight is 361 g/mol. The maximum Gasteiger partial charge on any atom is 0.308 e. The number of ether oxygens (including phenoxy) is 4. The fraction of sp³-hybridized carbons (Fsp3) is 0.474. The van der Waals surface area contributed by atoms with Crippen LogP contribution in [0.1, 0.15) is 18.4 Å². The molecule has 2 aliphatic rings. The maximum atomic E-state index is 12.4. The summed E-state index contributed by atoms with van der Waals surface area (Å²) in [5, 5.41) is 0. The Kier molecular flexibility index (Phi) is 5.65. The van der Waals surface area contributed by atoms with Crippen LogP contribution in [-0.2, 0) is 14.3 Å². The number of hydrogen-bond acceptors (Lipinski definition) is 6. The molecule has 7 nitrogen and oxygen atoms in total. The smallest absolute Gasteiger partial charge is 0.308 e. The summed E-state index contributed by atoms with van der Waals surface area (Å²) < 4.78 is 21.3. The van der Waals surface area contributed by atoms with E-state index in [0.717, 1.165) is 5.56 Å². The number of benzene rings is 1. The molecule has 0 radical (unpaired) electrons. The zero-order valence-electron chi connectivity index (χ0n) is 15.0. The number of nitrogens with zero attached hydrogens (tertiary/aromatic N) is 1. The summed E-state index contributed by atoms with van der Waals surface area (Å²) in [6.45, 7) is 2.07. The van der Waals surface area contributed by atoms with Crippen molar-refractivity contribution in [1.82, 2.24) is 4.90 Å². The summed E-state index contributed by atoms with van der Waals surface area (Å²) in [6.07, 6.45) is 4.52. The van der Waals surface area contributed by atoms with E-state index >= 15 is 0 Å². The Morgan fingerprint density at radius 1 is 1.15 bits per heavy atom. The Bertz CT molecular complexity index is 689. The minimum absolute atomic E-state index is 0.0813. The summed E-state index contributed by atoms with van der Waals surface area (Å²) in [4.78, 5) is 25.7. The van der Waals surface area contributed by atoms with Crippen LogP contribution in [0.4, 0.5) is 0 Å². The van der Waals surface area contributed by atoms with E-state index in [1.807, 2.05) is 6.07 Å². The number of methoxy groups -OCH3 is 2. The van der Waals surface area contributed by atoms with Crippen molar-refractivity contribution in [3.63, 3.8) is 0 Å². The molecule has 1 amide bonds. The molecule has 2 heterocycles. The van der Waals surface area contributed by atoms with E-state index in [-0.39, 0.29) is 17.8 Å². The number of esters is 1. The highest BCUT2D eigenvalue weighted by molar-refractivity contribution is 5.92. The molecule has 2 aliphatic heterocycles. The Morgan fingerprint density at radius 3 is 2.58 bits per heavy atom. The molecule has 3 rings (SSSR count). The highest BCUT2D eigenvalue weighted by Gasteiger charge is 2.27. The van der Waals surface area contributed by atoms with E-state index in [4.69, 9.17) is 18.9 Å². The molecule has 0 atom stereocenters. The van der Waals surface area contributed by atoms with Gasteiger partial charge in [0.2, 0.25) is 11.7 Å². The largest absolute Gasteiger partial charge is 0.493 e. The number of carbonyl (C=O) groups is 2. The molecule has 1 aromatic rings. The normalized spacial score (nSPS) is 17.2. The van der Waals surface area contributed by atoms with Gasteiger partial charge < -0.3 is 23.8 Å². The topological polar surface area (TPSA) is 74.3 Å². The molecule has 1 aromatic carbocycles. The second kappa shape index (κ2) is 8.12. The van der Waals surface area contributed by atoms with Crippen molar-refractivity contribution >= 4 is 18.0 Å². The average Bonchev–Trinajstić information content (AvgIpc) is 2.70. The van der Waals surface area contributed by atoms with Crippen molar-refractivity contribution in [2.45, 2.75) is 12.8 Å². The van der Waals surface area contributed by atoms with Crippen LogP contribution in [0.25, 0.3) is 6.08 Å². The van der Waals surface area contributed by atoms with Gasteiger partial charge in [-0.05, 0) is 36.6 Å². The van der Waals surface area contributed by atoms with Gasteiger partial charge in [-0.2, -0.15) is 0 Å². The first-order valence-corrected chi connectivity index (χ1v) is 8.65. The van der Waals surface area contributed by atoms with Gasteiger partial charge in [-0.1, -0.05) is 0 Å². The Labute approximate surface area is 152 Å². The molecule has 140 valence electrons. The van der Waals surface area contributed by atoms with Crippen LogP contribution >= 0.6 is 0 Å².